The number of carbonyl (C=O) groups excluding carboxylic acids is 3. The largest absolute Gasteiger partial charge is 0.462 e. The van der Waals surface area contributed by atoms with Gasteiger partial charge in [-0.2, -0.15) is 0 Å². The van der Waals surface area contributed by atoms with Crippen molar-refractivity contribution in [3.8, 4) is 5.75 Å². The number of carbonyl (C=O) groups is 3. The lowest BCUT2D eigenvalue weighted by molar-refractivity contribution is -0.141. The molecule has 0 saturated heterocycles. The third-order valence-electron chi connectivity index (χ3n) is 5.71. The molecule has 0 bridgehead atoms. The Morgan fingerprint density at radius 2 is 1.84 bits per heavy atom. The van der Waals surface area contributed by atoms with E-state index in [1.165, 1.54) is 19.3 Å². The normalized spacial score (nSPS) is 20.5. The van der Waals surface area contributed by atoms with Crippen LogP contribution in [0.5, 0.6) is 5.75 Å². The average molecular weight is 430 g/mol. The third-order valence-corrected chi connectivity index (χ3v) is 5.71. The fourth-order valence-corrected chi connectivity index (χ4v) is 3.95. The number of rotatable bonds is 7. The number of hydrogen-bond acceptors (Lipinski definition) is 6. The molecular weight excluding hydrogens is 398 g/mol. The number of hydrogen-bond donors (Lipinski definition) is 3. The van der Waals surface area contributed by atoms with Crippen LogP contribution in [0.2, 0.25) is 0 Å². The minimum Gasteiger partial charge on any atom is -0.462 e. The molecule has 8 nitrogen and oxygen atoms in total. The van der Waals surface area contributed by atoms with Crippen LogP contribution in [0.1, 0.15) is 64.0 Å². The highest BCUT2D eigenvalue weighted by Gasteiger charge is 2.33. The molecule has 31 heavy (non-hydrogen) atoms. The molecule has 3 rings (SSSR count). The highest BCUT2D eigenvalue weighted by Crippen LogP contribution is 2.31. The second kappa shape index (κ2) is 10.4. The van der Waals surface area contributed by atoms with E-state index in [2.05, 4.69) is 10.6 Å². The molecule has 2 aliphatic rings. The highest BCUT2D eigenvalue weighted by atomic mass is 16.5. The van der Waals surface area contributed by atoms with Gasteiger partial charge in [-0.25, -0.2) is 14.4 Å². The highest BCUT2D eigenvalue weighted by molar-refractivity contribution is 5.95. The molecule has 1 aliphatic heterocycles. The lowest BCUT2D eigenvalue weighted by Gasteiger charge is -2.30. The Hall–Kier alpha value is -2.87. The molecule has 1 saturated carbocycles. The van der Waals surface area contributed by atoms with Gasteiger partial charge < -0.3 is 25.8 Å². The van der Waals surface area contributed by atoms with Gasteiger partial charge in [0.1, 0.15) is 11.8 Å². The Morgan fingerprint density at radius 3 is 2.45 bits per heavy atom. The first kappa shape index (κ1) is 22.8. The van der Waals surface area contributed by atoms with E-state index in [0.717, 1.165) is 12.8 Å². The third kappa shape index (κ3) is 5.85. The maximum absolute atomic E-state index is 13.0. The van der Waals surface area contributed by atoms with Gasteiger partial charge in [0.15, 0.2) is 0 Å². The van der Waals surface area contributed by atoms with Crippen molar-refractivity contribution >= 4 is 18.0 Å². The summed E-state index contributed by atoms with van der Waals surface area (Å²) in [5.74, 6) is -0.227. The Bertz CT molecular complexity index is 841. The zero-order chi connectivity index (χ0) is 22.4. The van der Waals surface area contributed by atoms with Gasteiger partial charge in [-0.1, -0.05) is 38.3 Å². The van der Waals surface area contributed by atoms with Gasteiger partial charge in [-0.05, 0) is 49.8 Å². The van der Waals surface area contributed by atoms with E-state index in [4.69, 9.17) is 15.2 Å². The summed E-state index contributed by atoms with van der Waals surface area (Å²) in [6.45, 7) is 3.82. The number of esters is 2. The summed E-state index contributed by atoms with van der Waals surface area (Å²) >= 11 is 0. The molecule has 0 aromatic heterocycles. The summed E-state index contributed by atoms with van der Waals surface area (Å²) in [4.78, 5) is 36.9. The van der Waals surface area contributed by atoms with Crippen LogP contribution in [0.3, 0.4) is 0 Å². The first-order valence-corrected chi connectivity index (χ1v) is 10.9. The van der Waals surface area contributed by atoms with Crippen LogP contribution in [0.4, 0.5) is 4.79 Å². The van der Waals surface area contributed by atoms with Crippen LogP contribution in [0.15, 0.2) is 35.5 Å². The van der Waals surface area contributed by atoms with E-state index in [1.807, 2.05) is 6.92 Å². The molecule has 0 spiro atoms. The van der Waals surface area contributed by atoms with Gasteiger partial charge in [0.05, 0.1) is 18.2 Å². The van der Waals surface area contributed by atoms with E-state index < -0.39 is 24.0 Å². The number of amides is 2. The molecule has 2 amide bonds. The molecule has 168 valence electrons. The van der Waals surface area contributed by atoms with Crippen molar-refractivity contribution in [2.45, 2.75) is 64.5 Å². The Balaban J connectivity index is 1.78. The van der Waals surface area contributed by atoms with E-state index in [9.17, 15) is 14.4 Å². The van der Waals surface area contributed by atoms with Gasteiger partial charge in [-0.3, -0.25) is 0 Å². The van der Waals surface area contributed by atoms with Crippen LogP contribution in [0, 0.1) is 5.92 Å². The maximum Gasteiger partial charge on any atom is 0.338 e. The van der Waals surface area contributed by atoms with Crippen molar-refractivity contribution in [1.29, 1.82) is 0 Å². The zero-order valence-electron chi connectivity index (χ0n) is 18.1. The topological polar surface area (TPSA) is 120 Å². The predicted molar refractivity (Wildman–Crippen MR) is 115 cm³/mol. The predicted octanol–water partition coefficient (Wildman–Crippen LogP) is 3.08. The van der Waals surface area contributed by atoms with E-state index in [1.54, 1.807) is 31.2 Å². The van der Waals surface area contributed by atoms with Crippen LogP contribution >= 0.6 is 0 Å². The fraction of sp³-hybridized carbons (Fsp3) is 0.522. The molecule has 1 fully saturated rings. The Morgan fingerprint density at radius 1 is 1.16 bits per heavy atom. The molecule has 0 radical (unpaired) electrons. The van der Waals surface area contributed by atoms with Gasteiger partial charge in [-0.15, -0.1) is 0 Å². The minimum absolute atomic E-state index is 0.340. The van der Waals surface area contributed by atoms with Crippen molar-refractivity contribution < 1.29 is 23.9 Å². The standard InChI is InChI=1S/C23H31N3O5/c1-3-18-19(22(28)30-13-15-7-5-4-6-8-15)20(26-23(29)25-18)16-9-11-17(12-10-16)31-21(27)14(2)24/h9-12,14-15,20H,3-8,13,24H2,1-2H3,(H2,25,26,29)/t14-,20-/m0/s1. The van der Waals surface area contributed by atoms with Crippen LogP contribution < -0.4 is 21.1 Å². The number of benzene rings is 1. The summed E-state index contributed by atoms with van der Waals surface area (Å²) in [6.07, 6.45) is 6.22. The zero-order valence-corrected chi connectivity index (χ0v) is 18.1. The molecule has 2 atom stereocenters. The van der Waals surface area contributed by atoms with Crippen LogP contribution in [-0.2, 0) is 14.3 Å². The van der Waals surface area contributed by atoms with Crippen molar-refractivity contribution in [2.24, 2.45) is 11.7 Å². The number of ether oxygens (including phenoxy) is 2. The first-order valence-electron chi connectivity index (χ1n) is 10.9. The molecular formula is C23H31N3O5. The van der Waals surface area contributed by atoms with Crippen molar-refractivity contribution in [3.63, 3.8) is 0 Å². The number of urea groups is 1. The van der Waals surface area contributed by atoms with Crippen molar-refractivity contribution in [3.05, 3.63) is 41.1 Å². The lowest BCUT2D eigenvalue weighted by atomic mass is 9.90. The van der Waals surface area contributed by atoms with Crippen molar-refractivity contribution in [2.75, 3.05) is 6.61 Å². The molecule has 1 aromatic carbocycles. The van der Waals surface area contributed by atoms with Crippen molar-refractivity contribution in [1.82, 2.24) is 10.6 Å². The number of allylic oxidation sites excluding steroid dienone is 1. The Kier molecular flexibility index (Phi) is 7.68. The summed E-state index contributed by atoms with van der Waals surface area (Å²) < 4.78 is 10.9. The van der Waals surface area contributed by atoms with E-state index in [-0.39, 0.29) is 6.03 Å². The number of nitrogens with two attached hydrogens (primary N) is 1. The van der Waals surface area contributed by atoms with Crippen LogP contribution in [-0.4, -0.2) is 30.6 Å². The molecule has 0 unspecified atom stereocenters. The smallest absolute Gasteiger partial charge is 0.338 e. The first-order chi connectivity index (χ1) is 14.9. The average Bonchev–Trinajstić information content (AvgIpc) is 2.78. The van der Waals surface area contributed by atoms with Gasteiger partial charge in [0.25, 0.3) is 0 Å². The molecule has 8 heteroatoms. The molecule has 4 N–H and O–H groups in total. The fourth-order valence-electron chi connectivity index (χ4n) is 3.95. The second-order valence-corrected chi connectivity index (χ2v) is 8.16. The monoisotopic (exact) mass is 429 g/mol. The van der Waals surface area contributed by atoms with Crippen LogP contribution in [0.25, 0.3) is 0 Å². The quantitative estimate of drug-likeness (QED) is 0.453. The minimum atomic E-state index is -0.732. The lowest BCUT2D eigenvalue weighted by Crippen LogP contribution is -2.46. The molecule has 1 heterocycles. The van der Waals surface area contributed by atoms with E-state index >= 15 is 0 Å². The second-order valence-electron chi connectivity index (χ2n) is 8.16. The van der Waals surface area contributed by atoms with E-state index in [0.29, 0.717) is 41.5 Å². The van der Waals surface area contributed by atoms with Gasteiger partial charge in [0, 0.05) is 5.70 Å². The summed E-state index contributed by atoms with van der Waals surface area (Å²) in [7, 11) is 0. The van der Waals surface area contributed by atoms with Gasteiger partial charge >= 0.3 is 18.0 Å². The molecule has 1 aromatic rings. The van der Waals surface area contributed by atoms with Gasteiger partial charge in [0.2, 0.25) is 0 Å². The SMILES string of the molecule is CCC1=C(C(=O)OCC2CCCCC2)[C@H](c2ccc(OC(=O)[C@H](C)N)cc2)NC(=O)N1. The summed E-state index contributed by atoms with van der Waals surface area (Å²) in [5.41, 5.74) is 7.16. The summed E-state index contributed by atoms with van der Waals surface area (Å²) in [5, 5.41) is 5.54. The summed E-state index contributed by atoms with van der Waals surface area (Å²) in [6, 6.07) is 4.88. The Labute approximate surface area is 182 Å². The maximum atomic E-state index is 13.0. The number of nitrogens with one attached hydrogen (secondary N) is 2. The molecule has 1 aliphatic carbocycles.